The predicted octanol–water partition coefficient (Wildman–Crippen LogP) is 5.76. The second-order valence-electron chi connectivity index (χ2n) is 7.93. The van der Waals surface area contributed by atoms with Crippen molar-refractivity contribution in [2.45, 2.75) is 19.4 Å². The normalized spacial score (nSPS) is 17.3. The van der Waals surface area contributed by atoms with Crippen LogP contribution in [0.15, 0.2) is 72.6 Å². The molecule has 176 valence electrons. The van der Waals surface area contributed by atoms with Gasteiger partial charge in [0.2, 0.25) is 0 Å². The molecule has 1 atom stereocenters. The van der Waals surface area contributed by atoms with Crippen LogP contribution in [0.5, 0.6) is 5.75 Å². The van der Waals surface area contributed by atoms with Crippen LogP contribution in [0.3, 0.4) is 0 Å². The second-order valence-corrected chi connectivity index (χ2v) is 9.38. The molecule has 3 heterocycles. The van der Waals surface area contributed by atoms with Crippen LogP contribution >= 0.6 is 22.9 Å². The molecule has 7 nitrogen and oxygen atoms in total. The smallest absolute Gasteiger partial charge is 0.301 e. The monoisotopic (exact) mass is 505 g/mol. The van der Waals surface area contributed by atoms with Crippen LogP contribution < -0.4 is 9.64 Å². The Balaban J connectivity index is 1.70. The summed E-state index contributed by atoms with van der Waals surface area (Å²) in [6, 6.07) is 14.7. The van der Waals surface area contributed by atoms with Crippen molar-refractivity contribution in [1.29, 1.82) is 0 Å². The number of rotatable bonds is 6. The van der Waals surface area contributed by atoms with Gasteiger partial charge in [-0.25, -0.2) is 4.98 Å². The van der Waals surface area contributed by atoms with Crippen LogP contribution in [-0.4, -0.2) is 33.4 Å². The minimum absolute atomic E-state index is 0.0221. The predicted molar refractivity (Wildman–Crippen MR) is 136 cm³/mol. The Labute approximate surface area is 210 Å². The standard InChI is InChI=1S/C26H20ClN3O4S/c1-2-12-34-18-5-3-4-16(13-18)22-21(23(31)15-8-10-28-11-9-15)24(32)25(33)30(22)26-29-19-7-6-17(27)14-20(19)35-26/h3-11,13-14,22,31H,2,12H2,1H3. The number of nitrogens with zero attached hydrogens (tertiary/aromatic N) is 3. The highest BCUT2D eigenvalue weighted by molar-refractivity contribution is 7.22. The first-order valence-electron chi connectivity index (χ1n) is 11.0. The van der Waals surface area contributed by atoms with E-state index < -0.39 is 17.7 Å². The molecule has 0 saturated carbocycles. The van der Waals surface area contributed by atoms with Crippen molar-refractivity contribution >= 4 is 55.7 Å². The third kappa shape index (κ3) is 4.26. The third-order valence-electron chi connectivity index (χ3n) is 5.59. The second kappa shape index (κ2) is 9.48. The topological polar surface area (TPSA) is 92.6 Å². The molecule has 35 heavy (non-hydrogen) atoms. The van der Waals surface area contributed by atoms with E-state index in [-0.39, 0.29) is 11.3 Å². The van der Waals surface area contributed by atoms with E-state index >= 15 is 0 Å². The average molecular weight is 506 g/mol. The lowest BCUT2D eigenvalue weighted by Gasteiger charge is -2.23. The maximum Gasteiger partial charge on any atom is 0.301 e. The number of hydrogen-bond acceptors (Lipinski definition) is 7. The average Bonchev–Trinajstić information content (AvgIpc) is 3.40. The number of ether oxygens (including phenoxy) is 1. The van der Waals surface area contributed by atoms with Gasteiger partial charge in [-0.2, -0.15) is 0 Å². The van der Waals surface area contributed by atoms with E-state index in [1.165, 1.54) is 28.6 Å². The van der Waals surface area contributed by atoms with Crippen molar-refractivity contribution in [3.8, 4) is 5.75 Å². The Morgan fingerprint density at radius 3 is 2.71 bits per heavy atom. The molecule has 0 bridgehead atoms. The summed E-state index contributed by atoms with van der Waals surface area (Å²) in [6.45, 7) is 2.53. The molecule has 1 fully saturated rings. The van der Waals surface area contributed by atoms with Gasteiger partial charge in [0.25, 0.3) is 5.78 Å². The summed E-state index contributed by atoms with van der Waals surface area (Å²) in [5.41, 5.74) is 1.64. The number of pyridine rings is 1. The lowest BCUT2D eigenvalue weighted by molar-refractivity contribution is -0.132. The number of aromatic nitrogens is 2. The number of ketones is 1. The molecule has 9 heteroatoms. The van der Waals surface area contributed by atoms with E-state index in [4.69, 9.17) is 16.3 Å². The van der Waals surface area contributed by atoms with Gasteiger partial charge in [-0.3, -0.25) is 19.5 Å². The highest BCUT2D eigenvalue weighted by atomic mass is 35.5. The highest BCUT2D eigenvalue weighted by Gasteiger charge is 2.48. The van der Waals surface area contributed by atoms with E-state index in [9.17, 15) is 14.7 Å². The zero-order valence-electron chi connectivity index (χ0n) is 18.6. The molecule has 5 rings (SSSR count). The number of aliphatic hydroxyl groups excluding tert-OH is 1. The maximum atomic E-state index is 13.4. The number of thiazole rings is 1. The zero-order chi connectivity index (χ0) is 24.5. The fourth-order valence-electron chi connectivity index (χ4n) is 3.99. The fraction of sp³-hybridized carbons (Fsp3) is 0.154. The number of Topliss-reactive ketones (excluding diaryl/α,β-unsaturated/α-hetero) is 1. The summed E-state index contributed by atoms with van der Waals surface area (Å²) in [5.74, 6) is -1.23. The number of benzene rings is 2. The third-order valence-corrected chi connectivity index (χ3v) is 6.84. The maximum absolute atomic E-state index is 13.4. The van der Waals surface area contributed by atoms with Crippen molar-refractivity contribution in [1.82, 2.24) is 9.97 Å². The number of aliphatic hydroxyl groups is 1. The fourth-order valence-corrected chi connectivity index (χ4v) is 5.26. The van der Waals surface area contributed by atoms with E-state index in [1.807, 2.05) is 13.0 Å². The molecule has 0 radical (unpaired) electrons. The first kappa shape index (κ1) is 23.0. The number of amides is 1. The molecule has 4 aromatic rings. The summed E-state index contributed by atoms with van der Waals surface area (Å²) < 4.78 is 6.57. The van der Waals surface area contributed by atoms with Gasteiger partial charge in [-0.15, -0.1) is 0 Å². The Bertz CT molecular complexity index is 1470. The van der Waals surface area contributed by atoms with Gasteiger partial charge >= 0.3 is 5.91 Å². The quantitative estimate of drug-likeness (QED) is 0.203. The molecule has 1 amide bonds. The molecular formula is C26H20ClN3O4S. The Hall–Kier alpha value is -3.75. The van der Waals surface area contributed by atoms with Crippen molar-refractivity contribution < 1.29 is 19.4 Å². The Kier molecular flexibility index (Phi) is 6.23. The van der Waals surface area contributed by atoms with Crippen molar-refractivity contribution in [2.75, 3.05) is 11.5 Å². The van der Waals surface area contributed by atoms with E-state index in [1.54, 1.807) is 48.5 Å². The van der Waals surface area contributed by atoms with Gasteiger partial charge in [-0.05, 0) is 54.4 Å². The van der Waals surface area contributed by atoms with Crippen LogP contribution in [0.1, 0.15) is 30.5 Å². The van der Waals surface area contributed by atoms with Crippen LogP contribution in [0.25, 0.3) is 16.0 Å². The first-order chi connectivity index (χ1) is 17.0. The molecule has 1 aliphatic rings. The van der Waals surface area contributed by atoms with Crippen molar-refractivity contribution in [2.24, 2.45) is 0 Å². The largest absolute Gasteiger partial charge is 0.507 e. The number of anilines is 1. The summed E-state index contributed by atoms with van der Waals surface area (Å²) in [6.07, 6.45) is 3.85. The number of hydrogen-bond donors (Lipinski definition) is 1. The number of fused-ring (bicyclic) bond motifs is 1. The molecule has 1 saturated heterocycles. The molecule has 0 aliphatic carbocycles. The van der Waals surface area contributed by atoms with E-state index in [0.717, 1.165) is 11.1 Å². The van der Waals surface area contributed by atoms with Crippen molar-refractivity contribution in [3.63, 3.8) is 0 Å². The summed E-state index contributed by atoms with van der Waals surface area (Å²) >= 11 is 7.39. The molecule has 1 unspecified atom stereocenters. The highest BCUT2D eigenvalue weighted by Crippen LogP contribution is 2.45. The van der Waals surface area contributed by atoms with Crippen LogP contribution in [0, 0.1) is 0 Å². The summed E-state index contributed by atoms with van der Waals surface area (Å²) in [7, 11) is 0. The van der Waals surface area contributed by atoms with Gasteiger partial charge in [0.05, 0.1) is 28.4 Å². The minimum Gasteiger partial charge on any atom is -0.507 e. The molecule has 0 spiro atoms. The number of halogens is 1. The van der Waals surface area contributed by atoms with Gasteiger partial charge in [-0.1, -0.05) is 42.0 Å². The zero-order valence-corrected chi connectivity index (χ0v) is 20.2. The number of carbonyl (C=O) groups is 2. The molecule has 2 aromatic carbocycles. The van der Waals surface area contributed by atoms with Crippen LogP contribution in [0.4, 0.5) is 5.13 Å². The summed E-state index contributed by atoms with van der Waals surface area (Å²) in [4.78, 5) is 36.6. The Morgan fingerprint density at radius 1 is 1.14 bits per heavy atom. The van der Waals surface area contributed by atoms with Crippen molar-refractivity contribution in [3.05, 3.63) is 88.7 Å². The first-order valence-corrected chi connectivity index (χ1v) is 12.2. The van der Waals surface area contributed by atoms with E-state index in [0.29, 0.717) is 39.2 Å². The minimum atomic E-state index is -0.899. The van der Waals surface area contributed by atoms with Gasteiger partial charge < -0.3 is 9.84 Å². The van der Waals surface area contributed by atoms with E-state index in [2.05, 4.69) is 9.97 Å². The number of carbonyl (C=O) groups excluding carboxylic acids is 2. The molecule has 1 N–H and O–H groups in total. The molecule has 1 aliphatic heterocycles. The van der Waals surface area contributed by atoms with Gasteiger partial charge in [0.15, 0.2) is 5.13 Å². The molecular weight excluding hydrogens is 486 g/mol. The van der Waals surface area contributed by atoms with Crippen LogP contribution in [0.2, 0.25) is 5.02 Å². The molecule has 2 aromatic heterocycles. The van der Waals surface area contributed by atoms with Gasteiger partial charge in [0.1, 0.15) is 11.5 Å². The SMILES string of the molecule is CCCOc1cccc(C2C(=C(O)c3ccncc3)C(=O)C(=O)N2c2nc3ccc(Cl)cc3s2)c1. The van der Waals surface area contributed by atoms with Crippen LogP contribution in [-0.2, 0) is 9.59 Å². The summed E-state index contributed by atoms with van der Waals surface area (Å²) in [5, 5.41) is 12.1. The van der Waals surface area contributed by atoms with Gasteiger partial charge in [0, 0.05) is 23.0 Å². The Morgan fingerprint density at radius 2 is 1.94 bits per heavy atom. The lowest BCUT2D eigenvalue weighted by Crippen LogP contribution is -2.29. The lowest BCUT2D eigenvalue weighted by atomic mass is 9.95.